The fraction of sp³-hybridized carbons (Fsp3) is 0.0612. The maximum Gasteiger partial charge on any atom is 0.0159 e. The van der Waals surface area contributed by atoms with Gasteiger partial charge in [0.05, 0.1) is 0 Å². The van der Waals surface area contributed by atoms with Crippen LogP contribution in [0.25, 0.3) is 87.6 Å². The van der Waals surface area contributed by atoms with Gasteiger partial charge in [-0.05, 0) is 117 Å². The van der Waals surface area contributed by atoms with Crippen LogP contribution >= 0.6 is 0 Å². The second-order valence-electron chi connectivity index (χ2n) is 14.1. The van der Waals surface area contributed by atoms with Crippen LogP contribution in [0.15, 0.2) is 170 Å². The highest BCUT2D eigenvalue weighted by Crippen LogP contribution is 2.52. The van der Waals surface area contributed by atoms with Gasteiger partial charge in [0.15, 0.2) is 0 Å². The molecule has 0 saturated carbocycles. The quantitative estimate of drug-likeness (QED) is 0.172. The molecule has 9 aromatic carbocycles. The molecule has 0 unspecified atom stereocenters. The van der Waals surface area contributed by atoms with Crippen molar-refractivity contribution in [2.24, 2.45) is 0 Å². The number of benzene rings is 9. The van der Waals surface area contributed by atoms with E-state index in [9.17, 15) is 0 Å². The maximum atomic E-state index is 2.46. The van der Waals surface area contributed by atoms with Crippen molar-refractivity contribution in [1.82, 2.24) is 0 Å². The molecule has 0 heteroatoms. The topological polar surface area (TPSA) is 0 Å². The van der Waals surface area contributed by atoms with E-state index in [4.69, 9.17) is 0 Å². The van der Waals surface area contributed by atoms with Crippen LogP contribution in [0.4, 0.5) is 0 Å². The van der Waals surface area contributed by atoms with Crippen molar-refractivity contribution in [3.63, 3.8) is 0 Å². The Morgan fingerprint density at radius 3 is 1.43 bits per heavy atom. The molecule has 0 heterocycles. The fourth-order valence-electron chi connectivity index (χ4n) is 8.64. The largest absolute Gasteiger partial charge is 0.0616 e. The van der Waals surface area contributed by atoms with Crippen LogP contribution in [0, 0.1) is 0 Å². The summed E-state index contributed by atoms with van der Waals surface area (Å²) in [6.07, 6.45) is 0. The molecule has 230 valence electrons. The number of fused-ring (bicyclic) bond motifs is 7. The zero-order chi connectivity index (χ0) is 32.7. The first-order valence-corrected chi connectivity index (χ1v) is 17.3. The fourth-order valence-corrected chi connectivity index (χ4v) is 8.64. The molecular formula is C49H34. The predicted molar refractivity (Wildman–Crippen MR) is 210 cm³/mol. The van der Waals surface area contributed by atoms with Gasteiger partial charge in [0.1, 0.15) is 0 Å². The second-order valence-corrected chi connectivity index (χ2v) is 14.1. The molecule has 10 rings (SSSR count). The molecule has 9 aromatic rings. The van der Waals surface area contributed by atoms with Gasteiger partial charge in [0.25, 0.3) is 0 Å². The molecule has 0 atom stereocenters. The molecule has 0 aliphatic heterocycles. The second kappa shape index (κ2) is 10.5. The van der Waals surface area contributed by atoms with Gasteiger partial charge in [0, 0.05) is 5.41 Å². The molecule has 49 heavy (non-hydrogen) atoms. The normalized spacial score (nSPS) is 13.3. The number of hydrogen-bond acceptors (Lipinski definition) is 0. The lowest BCUT2D eigenvalue weighted by Gasteiger charge is -2.22. The third-order valence-electron chi connectivity index (χ3n) is 11.0. The van der Waals surface area contributed by atoms with E-state index in [0.29, 0.717) is 0 Å². The molecule has 0 spiro atoms. The van der Waals surface area contributed by atoms with Crippen LogP contribution in [-0.2, 0) is 5.41 Å². The van der Waals surface area contributed by atoms with Crippen molar-refractivity contribution in [3.05, 3.63) is 181 Å². The van der Waals surface area contributed by atoms with Crippen molar-refractivity contribution in [2.75, 3.05) is 0 Å². The number of rotatable bonds is 3. The van der Waals surface area contributed by atoms with E-state index in [0.717, 1.165) is 0 Å². The van der Waals surface area contributed by atoms with Gasteiger partial charge in [-0.15, -0.1) is 0 Å². The van der Waals surface area contributed by atoms with Gasteiger partial charge >= 0.3 is 0 Å². The summed E-state index contributed by atoms with van der Waals surface area (Å²) in [5.41, 5.74) is 13.1. The summed E-state index contributed by atoms with van der Waals surface area (Å²) in [6.45, 7) is 4.74. The highest BCUT2D eigenvalue weighted by Gasteiger charge is 2.36. The summed E-state index contributed by atoms with van der Waals surface area (Å²) < 4.78 is 0. The maximum absolute atomic E-state index is 2.46. The van der Waals surface area contributed by atoms with E-state index in [2.05, 4.69) is 184 Å². The molecule has 0 fully saturated rings. The van der Waals surface area contributed by atoms with E-state index < -0.39 is 0 Å². The Morgan fingerprint density at radius 1 is 0.306 bits per heavy atom. The first-order chi connectivity index (χ1) is 24.1. The smallest absolute Gasteiger partial charge is 0.0159 e. The molecule has 0 bridgehead atoms. The van der Waals surface area contributed by atoms with Gasteiger partial charge < -0.3 is 0 Å². The SMILES string of the molecule is CC1(C)c2ccc(-c3c4ccccc4c(-c4ccc(-c5cccc6ccccc56)cc4)c4ccccc34)cc2-c2cc3ccccc3cc21. The molecular weight excluding hydrogens is 589 g/mol. The van der Waals surface area contributed by atoms with Crippen molar-refractivity contribution in [2.45, 2.75) is 19.3 Å². The van der Waals surface area contributed by atoms with Crippen LogP contribution < -0.4 is 0 Å². The highest BCUT2D eigenvalue weighted by molar-refractivity contribution is 6.21. The van der Waals surface area contributed by atoms with E-state index in [-0.39, 0.29) is 5.41 Å². The first-order valence-electron chi connectivity index (χ1n) is 17.3. The van der Waals surface area contributed by atoms with Crippen LogP contribution in [0.3, 0.4) is 0 Å². The molecule has 1 aliphatic carbocycles. The Hall–Kier alpha value is -5.98. The lowest BCUT2D eigenvalue weighted by molar-refractivity contribution is 0.661. The molecule has 0 amide bonds. The average Bonchev–Trinajstić information content (AvgIpc) is 3.37. The lowest BCUT2D eigenvalue weighted by atomic mass is 9.81. The zero-order valence-corrected chi connectivity index (χ0v) is 27.7. The molecule has 0 N–H and O–H groups in total. The van der Waals surface area contributed by atoms with Crippen molar-refractivity contribution < 1.29 is 0 Å². The summed E-state index contributed by atoms with van der Waals surface area (Å²) in [6, 6.07) is 63.2. The Balaban J connectivity index is 1.18. The van der Waals surface area contributed by atoms with Gasteiger partial charge in [-0.25, -0.2) is 0 Å². The Kier molecular flexibility index (Phi) is 6.02. The highest BCUT2D eigenvalue weighted by atomic mass is 14.4. The first kappa shape index (κ1) is 28.1. The summed E-state index contributed by atoms with van der Waals surface area (Å²) in [4.78, 5) is 0. The third kappa shape index (κ3) is 4.17. The summed E-state index contributed by atoms with van der Waals surface area (Å²) >= 11 is 0. The summed E-state index contributed by atoms with van der Waals surface area (Å²) in [5.74, 6) is 0. The van der Waals surface area contributed by atoms with E-state index in [1.807, 2.05) is 0 Å². The molecule has 0 radical (unpaired) electrons. The third-order valence-corrected chi connectivity index (χ3v) is 11.0. The Morgan fingerprint density at radius 2 is 0.776 bits per heavy atom. The minimum atomic E-state index is -0.0561. The minimum absolute atomic E-state index is 0.0561. The van der Waals surface area contributed by atoms with Crippen LogP contribution in [0.5, 0.6) is 0 Å². The van der Waals surface area contributed by atoms with Crippen LogP contribution in [-0.4, -0.2) is 0 Å². The van der Waals surface area contributed by atoms with Crippen molar-refractivity contribution in [3.8, 4) is 44.5 Å². The molecule has 0 aromatic heterocycles. The molecule has 0 nitrogen and oxygen atoms in total. The summed E-state index contributed by atoms with van der Waals surface area (Å²) in [7, 11) is 0. The minimum Gasteiger partial charge on any atom is -0.0616 e. The van der Waals surface area contributed by atoms with Gasteiger partial charge in [0.2, 0.25) is 0 Å². The van der Waals surface area contributed by atoms with E-state index >= 15 is 0 Å². The van der Waals surface area contributed by atoms with Crippen molar-refractivity contribution in [1.29, 1.82) is 0 Å². The van der Waals surface area contributed by atoms with Crippen molar-refractivity contribution >= 4 is 43.1 Å². The summed E-state index contributed by atoms with van der Waals surface area (Å²) in [5, 5.41) is 10.3. The zero-order valence-electron chi connectivity index (χ0n) is 27.7. The van der Waals surface area contributed by atoms with Gasteiger partial charge in [-0.1, -0.05) is 166 Å². The van der Waals surface area contributed by atoms with Crippen LogP contribution in [0.2, 0.25) is 0 Å². The monoisotopic (exact) mass is 622 g/mol. The standard InChI is InChI=1S/C49H34/c1-49(2)45-27-26-36(29-43(45)44-28-34-13-3-4-14-35(34)30-46(44)49)48-41-19-9-7-17-39(41)47(40-18-8-10-20-42(40)48)33-24-22-32(23-25-33)38-21-11-15-31-12-5-6-16-37(31)38/h3-30H,1-2H3. The lowest BCUT2D eigenvalue weighted by Crippen LogP contribution is -2.14. The average molecular weight is 623 g/mol. The van der Waals surface area contributed by atoms with Gasteiger partial charge in [-0.2, -0.15) is 0 Å². The molecule has 0 saturated heterocycles. The molecule has 1 aliphatic rings. The Bertz CT molecular complexity index is 2720. The number of hydrogen-bond donors (Lipinski definition) is 0. The predicted octanol–water partition coefficient (Wildman–Crippen LogP) is 13.6. The van der Waals surface area contributed by atoms with E-state index in [1.165, 1.54) is 98.7 Å². The Labute approximate surface area is 286 Å². The van der Waals surface area contributed by atoms with Gasteiger partial charge in [-0.3, -0.25) is 0 Å². The van der Waals surface area contributed by atoms with E-state index in [1.54, 1.807) is 0 Å². The van der Waals surface area contributed by atoms with Crippen LogP contribution in [0.1, 0.15) is 25.0 Å².